The topological polar surface area (TPSA) is 154 Å². The summed E-state index contributed by atoms with van der Waals surface area (Å²) in [4.78, 5) is 28.4. The lowest BCUT2D eigenvalue weighted by Gasteiger charge is -2.32. The number of hydrogen-bond donors (Lipinski definition) is 0. The largest absolute Gasteiger partial charge is 0.462 e. The van der Waals surface area contributed by atoms with Gasteiger partial charge in [0.1, 0.15) is 23.3 Å². The first-order chi connectivity index (χ1) is 23.7. The molecule has 2 aromatic rings. The van der Waals surface area contributed by atoms with E-state index in [2.05, 4.69) is 35.8 Å². The number of hydrogen-bond acceptors (Lipinski definition) is 10. The summed E-state index contributed by atoms with van der Waals surface area (Å²) in [5.74, 6) is -1.29. The highest BCUT2D eigenvalue weighted by Gasteiger charge is 2.17. The van der Waals surface area contributed by atoms with Gasteiger partial charge < -0.3 is 19.3 Å². The lowest BCUT2D eigenvalue weighted by Crippen LogP contribution is -2.34. The summed E-state index contributed by atoms with van der Waals surface area (Å²) < 4.78 is 9.89. The summed E-state index contributed by atoms with van der Waals surface area (Å²) >= 11 is 0. The molecule has 0 radical (unpaired) electrons. The Hall–Kier alpha value is -5.58. The molecule has 0 aliphatic heterocycles. The maximum Gasteiger partial charge on any atom is 0.348 e. The van der Waals surface area contributed by atoms with Gasteiger partial charge in [-0.05, 0) is 88.1 Å². The normalized spacial score (nSPS) is 12.3. The van der Waals surface area contributed by atoms with Crippen LogP contribution in [0.4, 0.5) is 11.4 Å². The van der Waals surface area contributed by atoms with Crippen molar-refractivity contribution in [3.05, 3.63) is 70.8 Å². The fraction of sp³-hybridized carbons (Fsp3) is 0.436. The monoisotopic (exact) mass is 662 g/mol. The molecule has 0 saturated heterocycles. The first-order valence-corrected chi connectivity index (χ1v) is 16.8. The van der Waals surface area contributed by atoms with Crippen molar-refractivity contribution >= 4 is 35.5 Å². The fourth-order valence-electron chi connectivity index (χ4n) is 5.47. The summed E-state index contributed by atoms with van der Waals surface area (Å²) in [5, 5.41) is 37.2. The lowest BCUT2D eigenvalue weighted by atomic mass is 10.0. The molecule has 2 aromatic carbocycles. The molecular weight excluding hydrogens is 616 g/mol. The molecule has 0 aromatic heterocycles. The van der Waals surface area contributed by atoms with Crippen LogP contribution >= 0.6 is 0 Å². The molecule has 0 N–H and O–H groups in total. The van der Waals surface area contributed by atoms with Crippen LogP contribution in [-0.4, -0.2) is 50.3 Å². The van der Waals surface area contributed by atoms with Crippen molar-refractivity contribution in [2.75, 3.05) is 36.1 Å². The highest BCUT2D eigenvalue weighted by molar-refractivity contribution is 5.98. The molecule has 49 heavy (non-hydrogen) atoms. The minimum Gasteiger partial charge on any atom is -0.462 e. The third-order valence-corrected chi connectivity index (χ3v) is 8.04. The van der Waals surface area contributed by atoms with E-state index >= 15 is 0 Å². The van der Waals surface area contributed by atoms with E-state index < -0.39 is 11.9 Å². The van der Waals surface area contributed by atoms with E-state index in [0.717, 1.165) is 43.5 Å². The van der Waals surface area contributed by atoms with Gasteiger partial charge in [0.25, 0.3) is 0 Å². The number of ether oxygens (including phenoxy) is 2. The number of unbranched alkanes of at least 4 members (excludes halogenated alkanes) is 2. The van der Waals surface area contributed by atoms with Gasteiger partial charge in [-0.2, -0.15) is 21.0 Å². The van der Waals surface area contributed by atoms with Crippen LogP contribution in [0.3, 0.4) is 0 Å². The van der Waals surface area contributed by atoms with E-state index in [-0.39, 0.29) is 36.4 Å². The van der Waals surface area contributed by atoms with Crippen molar-refractivity contribution < 1.29 is 19.1 Å². The molecule has 2 unspecified atom stereocenters. The van der Waals surface area contributed by atoms with E-state index in [0.29, 0.717) is 37.1 Å². The summed E-state index contributed by atoms with van der Waals surface area (Å²) in [6.45, 7) is 9.30. The number of benzene rings is 2. The van der Waals surface area contributed by atoms with Gasteiger partial charge in [0, 0.05) is 36.5 Å². The SMILES string of the molecule is CCOC(=O)/C(C#N)=C/c1ccc(N(CCC#N)C(C)CCCCCC(C)N(CCC#N)c2ccc(/C=C(\C#N)C(=O)OCC)cc2)cc1. The van der Waals surface area contributed by atoms with Crippen LogP contribution in [0.2, 0.25) is 0 Å². The molecule has 0 heterocycles. The molecule has 0 saturated carbocycles. The maximum absolute atomic E-state index is 12.0. The van der Waals surface area contributed by atoms with Crippen LogP contribution in [0.15, 0.2) is 59.7 Å². The molecule has 2 atom stereocenters. The Labute approximate surface area is 291 Å². The van der Waals surface area contributed by atoms with Gasteiger partial charge in [-0.3, -0.25) is 0 Å². The van der Waals surface area contributed by atoms with E-state index in [1.54, 1.807) is 13.8 Å². The lowest BCUT2D eigenvalue weighted by molar-refractivity contribution is -0.138. The van der Waals surface area contributed by atoms with Gasteiger partial charge >= 0.3 is 11.9 Å². The van der Waals surface area contributed by atoms with Gasteiger partial charge in [-0.1, -0.05) is 43.5 Å². The Morgan fingerprint density at radius 3 is 1.33 bits per heavy atom. The number of rotatable bonds is 20. The number of esters is 2. The van der Waals surface area contributed by atoms with Crippen LogP contribution < -0.4 is 9.80 Å². The van der Waals surface area contributed by atoms with E-state index in [9.17, 15) is 30.6 Å². The molecule has 10 nitrogen and oxygen atoms in total. The summed E-state index contributed by atoms with van der Waals surface area (Å²) in [7, 11) is 0. The summed E-state index contributed by atoms with van der Waals surface area (Å²) in [5.41, 5.74) is 3.27. The smallest absolute Gasteiger partial charge is 0.348 e. The molecule has 0 aliphatic carbocycles. The number of nitrogens with zero attached hydrogens (tertiary/aromatic N) is 6. The predicted molar refractivity (Wildman–Crippen MR) is 190 cm³/mol. The Kier molecular flexibility index (Phi) is 17.8. The van der Waals surface area contributed by atoms with Gasteiger partial charge in [-0.15, -0.1) is 0 Å². The van der Waals surface area contributed by atoms with Gasteiger partial charge in [0.05, 0.1) is 38.2 Å². The highest BCUT2D eigenvalue weighted by Crippen LogP contribution is 2.25. The van der Waals surface area contributed by atoms with Crippen LogP contribution in [0, 0.1) is 45.3 Å². The summed E-state index contributed by atoms with van der Waals surface area (Å²) in [6.07, 6.45) is 8.79. The standard InChI is InChI=1S/C39H46N6O4/c1-5-48-38(46)34(28-42)26-32-14-18-36(19-15-32)44(24-10-22-40)30(3)12-8-7-9-13-31(4)45(25-11-23-41)37-20-16-33(17-21-37)27-35(29-43)39(47)49-6-2/h14-21,26-27,30-31H,5-13,24-25H2,1-4H3/b34-26+,35-27+. The van der Waals surface area contributed by atoms with Crippen molar-refractivity contribution in [1.82, 2.24) is 0 Å². The third kappa shape index (κ3) is 13.2. The molecule has 2 rings (SSSR count). The van der Waals surface area contributed by atoms with E-state index in [4.69, 9.17) is 9.47 Å². The Bertz CT molecular complexity index is 1470. The average molecular weight is 663 g/mol. The molecule has 0 spiro atoms. The Balaban J connectivity index is 2.00. The van der Waals surface area contributed by atoms with Crippen LogP contribution in [-0.2, 0) is 19.1 Å². The minimum atomic E-state index is -0.644. The van der Waals surface area contributed by atoms with Crippen molar-refractivity contribution in [1.29, 1.82) is 21.0 Å². The Morgan fingerprint density at radius 2 is 1.02 bits per heavy atom. The van der Waals surface area contributed by atoms with Crippen LogP contribution in [0.5, 0.6) is 0 Å². The molecule has 0 bridgehead atoms. The van der Waals surface area contributed by atoms with Crippen LogP contribution in [0.25, 0.3) is 12.2 Å². The molecule has 256 valence electrons. The molecule has 0 amide bonds. The average Bonchev–Trinajstić information content (AvgIpc) is 3.10. The second kappa shape index (κ2) is 22.1. The zero-order valence-electron chi connectivity index (χ0n) is 29.0. The minimum absolute atomic E-state index is 0.0555. The summed E-state index contributed by atoms with van der Waals surface area (Å²) in [6, 6.07) is 23.9. The quantitative estimate of drug-likeness (QED) is 0.0602. The van der Waals surface area contributed by atoms with E-state index in [1.165, 1.54) is 12.2 Å². The second-order valence-electron chi connectivity index (χ2n) is 11.5. The number of carbonyl (C=O) groups excluding carboxylic acids is 2. The van der Waals surface area contributed by atoms with Crippen molar-refractivity contribution in [2.45, 2.75) is 84.7 Å². The van der Waals surface area contributed by atoms with Gasteiger partial charge in [-0.25, -0.2) is 9.59 Å². The van der Waals surface area contributed by atoms with Crippen molar-refractivity contribution in [3.8, 4) is 24.3 Å². The fourth-order valence-corrected chi connectivity index (χ4v) is 5.47. The zero-order valence-corrected chi connectivity index (χ0v) is 29.0. The number of nitriles is 4. The van der Waals surface area contributed by atoms with Gasteiger partial charge in [0.2, 0.25) is 0 Å². The molecule has 10 heteroatoms. The van der Waals surface area contributed by atoms with Gasteiger partial charge in [0.15, 0.2) is 0 Å². The number of anilines is 2. The van der Waals surface area contributed by atoms with Crippen molar-refractivity contribution in [3.63, 3.8) is 0 Å². The highest BCUT2D eigenvalue weighted by atomic mass is 16.5. The third-order valence-electron chi connectivity index (χ3n) is 8.04. The molecule has 0 aliphatic rings. The maximum atomic E-state index is 12.0. The zero-order chi connectivity index (χ0) is 36.0. The van der Waals surface area contributed by atoms with Crippen molar-refractivity contribution in [2.24, 2.45) is 0 Å². The predicted octanol–water partition coefficient (Wildman–Crippen LogP) is 7.49. The molecule has 0 fully saturated rings. The molecular formula is C39H46N6O4. The van der Waals surface area contributed by atoms with E-state index in [1.807, 2.05) is 60.7 Å². The Morgan fingerprint density at radius 1 is 0.653 bits per heavy atom. The first kappa shape index (κ1) is 39.6. The number of carbonyl (C=O) groups is 2. The second-order valence-corrected chi connectivity index (χ2v) is 11.5. The first-order valence-electron chi connectivity index (χ1n) is 16.8. The van der Waals surface area contributed by atoms with Crippen LogP contribution in [0.1, 0.15) is 83.8 Å².